The maximum absolute atomic E-state index is 13.7. The third-order valence-corrected chi connectivity index (χ3v) is 6.26. The first kappa shape index (κ1) is 21.0. The number of carbonyl (C=O) groups is 1. The molecule has 5 aromatic rings. The maximum atomic E-state index is 13.7. The normalized spacial score (nSPS) is 15.3. The molecule has 0 bridgehead atoms. The van der Waals surface area contributed by atoms with Crippen LogP contribution in [-0.2, 0) is 12.8 Å². The number of aromatic nitrogens is 7. The summed E-state index contributed by atoms with van der Waals surface area (Å²) >= 11 is 0. The van der Waals surface area contributed by atoms with Gasteiger partial charge in [-0.05, 0) is 42.7 Å². The van der Waals surface area contributed by atoms with E-state index in [1.807, 2.05) is 48.0 Å². The summed E-state index contributed by atoms with van der Waals surface area (Å²) < 4.78 is 7.66. The van der Waals surface area contributed by atoms with E-state index in [2.05, 4.69) is 31.7 Å². The summed E-state index contributed by atoms with van der Waals surface area (Å²) in [7, 11) is 0. The second-order valence-corrected chi connectivity index (χ2v) is 8.42. The molecular formula is C25H22N8O2. The lowest BCUT2D eigenvalue weighted by molar-refractivity contribution is 0.0646. The zero-order valence-corrected chi connectivity index (χ0v) is 19.0. The number of aromatic amines is 1. The molecule has 174 valence electrons. The number of amides is 1. The summed E-state index contributed by atoms with van der Waals surface area (Å²) in [6, 6.07) is 9.24. The van der Waals surface area contributed by atoms with Crippen LogP contribution >= 0.6 is 0 Å². The molecule has 0 saturated carbocycles. The topological polar surface area (TPSA) is 118 Å². The molecule has 1 aliphatic heterocycles. The van der Waals surface area contributed by atoms with Crippen molar-refractivity contribution in [1.29, 1.82) is 0 Å². The first-order valence-corrected chi connectivity index (χ1v) is 11.3. The highest BCUT2D eigenvalue weighted by Crippen LogP contribution is 2.34. The Morgan fingerprint density at radius 1 is 1.29 bits per heavy atom. The van der Waals surface area contributed by atoms with Crippen LogP contribution in [0, 0.1) is 6.92 Å². The smallest absolute Gasteiger partial charge is 0.312 e. The van der Waals surface area contributed by atoms with Gasteiger partial charge in [-0.1, -0.05) is 18.2 Å². The lowest BCUT2D eigenvalue weighted by Gasteiger charge is -2.32. The zero-order chi connectivity index (χ0) is 23.9. The molecule has 6 rings (SSSR count). The molecule has 1 atom stereocenters. The Hall–Kier alpha value is -4.60. The molecule has 0 aromatic carbocycles. The molecule has 0 radical (unpaired) electrons. The number of nitrogens with one attached hydrogen (secondary N) is 1. The van der Waals surface area contributed by atoms with E-state index in [0.29, 0.717) is 25.1 Å². The number of allylic oxidation sites excluding steroid dienone is 1. The van der Waals surface area contributed by atoms with E-state index in [1.165, 1.54) is 0 Å². The summed E-state index contributed by atoms with van der Waals surface area (Å²) in [5.74, 6) is -0.278. The van der Waals surface area contributed by atoms with Crippen LogP contribution in [0.4, 0.5) is 0 Å². The molecule has 10 nitrogen and oxygen atoms in total. The summed E-state index contributed by atoms with van der Waals surface area (Å²) in [6.45, 7) is 6.27. The highest BCUT2D eigenvalue weighted by atomic mass is 16.4. The maximum Gasteiger partial charge on any atom is 0.312 e. The number of aryl methyl sites for hydroxylation is 1. The van der Waals surface area contributed by atoms with E-state index in [1.54, 1.807) is 23.5 Å². The van der Waals surface area contributed by atoms with Gasteiger partial charge >= 0.3 is 11.8 Å². The van der Waals surface area contributed by atoms with E-state index in [-0.39, 0.29) is 17.7 Å². The van der Waals surface area contributed by atoms with Crippen LogP contribution in [0.25, 0.3) is 17.1 Å². The largest absolute Gasteiger partial charge is 0.411 e. The second kappa shape index (κ2) is 8.32. The zero-order valence-electron chi connectivity index (χ0n) is 19.0. The van der Waals surface area contributed by atoms with Crippen molar-refractivity contribution in [3.05, 3.63) is 95.8 Å². The molecule has 1 amide bonds. The highest BCUT2D eigenvalue weighted by Gasteiger charge is 2.38. The molecule has 0 unspecified atom stereocenters. The highest BCUT2D eigenvalue weighted by molar-refractivity contribution is 5.90. The van der Waals surface area contributed by atoms with Gasteiger partial charge in [0.25, 0.3) is 5.89 Å². The standard InChI is InChI=1S/C25H22N8O2/c1-3-6-16-8-4-10-26-20(16)23-29-30-24(35-23)25(34)32-12-9-17-21(28-14-27-17)22(32)18-13-19-15(2)7-5-11-33(19)31-18/h3-5,7-8,10-11,13-14,22H,1,6,9,12H2,2H3,(H,27,28)/t22-/m0/s1. The Labute approximate surface area is 200 Å². The van der Waals surface area contributed by atoms with Crippen LogP contribution in [0.3, 0.4) is 0 Å². The molecule has 0 saturated heterocycles. The van der Waals surface area contributed by atoms with Gasteiger partial charge in [0, 0.05) is 31.1 Å². The molecule has 1 N–H and O–H groups in total. The third kappa shape index (κ3) is 3.50. The van der Waals surface area contributed by atoms with Crippen LogP contribution in [0.15, 0.2) is 66.1 Å². The number of pyridine rings is 2. The Bertz CT molecular complexity index is 1560. The van der Waals surface area contributed by atoms with E-state index >= 15 is 0 Å². The van der Waals surface area contributed by atoms with Gasteiger partial charge in [-0.25, -0.2) is 9.50 Å². The Balaban J connectivity index is 1.39. The van der Waals surface area contributed by atoms with Gasteiger partial charge in [-0.3, -0.25) is 9.78 Å². The molecular weight excluding hydrogens is 444 g/mol. The molecule has 5 aromatic heterocycles. The first-order chi connectivity index (χ1) is 17.1. The predicted molar refractivity (Wildman–Crippen MR) is 127 cm³/mol. The summed E-state index contributed by atoms with van der Waals surface area (Å²) in [5.41, 5.74) is 5.97. The molecule has 0 fully saturated rings. The molecule has 0 spiro atoms. The number of rotatable bonds is 5. The fourth-order valence-corrected chi connectivity index (χ4v) is 4.58. The average molecular weight is 467 g/mol. The van der Waals surface area contributed by atoms with Crippen LogP contribution in [-0.4, -0.2) is 52.1 Å². The minimum atomic E-state index is -0.488. The van der Waals surface area contributed by atoms with Crippen molar-refractivity contribution in [3.63, 3.8) is 0 Å². The van der Waals surface area contributed by atoms with Gasteiger partial charge in [0.2, 0.25) is 0 Å². The first-order valence-electron chi connectivity index (χ1n) is 11.3. The van der Waals surface area contributed by atoms with Crippen LogP contribution in [0.2, 0.25) is 0 Å². The van der Waals surface area contributed by atoms with E-state index in [4.69, 9.17) is 9.52 Å². The molecule has 6 heterocycles. The SMILES string of the molecule is C=CCc1cccnc1-c1nnc(C(=O)N2CCc3[nH]cnc3[C@@H]2c2cc3c(C)cccn3n2)o1. The summed E-state index contributed by atoms with van der Waals surface area (Å²) in [6.07, 6.45) is 8.20. The van der Waals surface area contributed by atoms with E-state index in [0.717, 1.165) is 33.7 Å². The van der Waals surface area contributed by atoms with Gasteiger partial charge in [-0.15, -0.1) is 16.8 Å². The number of imidazole rings is 1. The van der Waals surface area contributed by atoms with E-state index < -0.39 is 6.04 Å². The summed E-state index contributed by atoms with van der Waals surface area (Å²) in [4.78, 5) is 27.5. The Morgan fingerprint density at radius 2 is 2.20 bits per heavy atom. The number of nitrogens with zero attached hydrogens (tertiary/aromatic N) is 7. The van der Waals surface area contributed by atoms with Crippen molar-refractivity contribution in [2.75, 3.05) is 6.54 Å². The van der Waals surface area contributed by atoms with Gasteiger partial charge in [0.1, 0.15) is 11.7 Å². The fourth-order valence-electron chi connectivity index (χ4n) is 4.58. The molecule has 1 aliphatic rings. The van der Waals surface area contributed by atoms with Crippen molar-refractivity contribution in [1.82, 2.24) is 39.7 Å². The van der Waals surface area contributed by atoms with Crippen LogP contribution in [0.5, 0.6) is 0 Å². The summed E-state index contributed by atoms with van der Waals surface area (Å²) in [5, 5.41) is 13.0. The molecule has 35 heavy (non-hydrogen) atoms. The number of carbonyl (C=O) groups excluding carboxylic acids is 1. The van der Waals surface area contributed by atoms with Crippen LogP contribution < -0.4 is 0 Å². The quantitative estimate of drug-likeness (QED) is 0.395. The van der Waals surface area contributed by atoms with Gasteiger partial charge in [0.05, 0.1) is 23.2 Å². The van der Waals surface area contributed by atoms with Gasteiger partial charge < -0.3 is 14.3 Å². The third-order valence-electron chi connectivity index (χ3n) is 6.26. The van der Waals surface area contributed by atoms with Crippen molar-refractivity contribution in [3.8, 4) is 11.6 Å². The number of fused-ring (bicyclic) bond motifs is 2. The van der Waals surface area contributed by atoms with Crippen LogP contribution in [0.1, 0.15) is 44.9 Å². The van der Waals surface area contributed by atoms with Crippen molar-refractivity contribution in [2.24, 2.45) is 0 Å². The lowest BCUT2D eigenvalue weighted by Crippen LogP contribution is -2.41. The van der Waals surface area contributed by atoms with Gasteiger partial charge in [-0.2, -0.15) is 5.10 Å². The van der Waals surface area contributed by atoms with Gasteiger partial charge in [0.15, 0.2) is 0 Å². The Kier molecular flexibility index (Phi) is 4.98. The van der Waals surface area contributed by atoms with Crippen molar-refractivity contribution >= 4 is 11.4 Å². The molecule has 10 heteroatoms. The number of hydrogen-bond donors (Lipinski definition) is 1. The monoisotopic (exact) mass is 466 g/mol. The molecule has 0 aliphatic carbocycles. The minimum absolute atomic E-state index is 0.0980. The predicted octanol–water partition coefficient (Wildman–Crippen LogP) is 3.33. The second-order valence-electron chi connectivity index (χ2n) is 8.42. The average Bonchev–Trinajstić information content (AvgIpc) is 3.63. The van der Waals surface area contributed by atoms with Crippen molar-refractivity contribution in [2.45, 2.75) is 25.8 Å². The van der Waals surface area contributed by atoms with E-state index in [9.17, 15) is 4.79 Å². The Morgan fingerprint density at radius 3 is 3.06 bits per heavy atom. The number of hydrogen-bond acceptors (Lipinski definition) is 7. The fraction of sp³-hybridized carbons (Fsp3) is 0.200. The number of H-pyrrole nitrogens is 1. The lowest BCUT2D eigenvalue weighted by atomic mass is 9.99. The minimum Gasteiger partial charge on any atom is -0.411 e. The van der Waals surface area contributed by atoms with Crippen molar-refractivity contribution < 1.29 is 9.21 Å².